The van der Waals surface area contributed by atoms with Crippen LogP contribution in [0.4, 0.5) is 10.1 Å². The number of nitrogens with one attached hydrogen (secondary N) is 1. The molecule has 3 aromatic carbocycles. The maximum absolute atomic E-state index is 13.9. The Labute approximate surface area is 234 Å². The Hall–Kier alpha value is -3.37. The Balaban J connectivity index is 2.04. The summed E-state index contributed by atoms with van der Waals surface area (Å²) in [7, 11) is -4.14. The fraction of sp³-hybridized carbons (Fsp3) is 0.310. The molecule has 208 valence electrons. The number of sulfonamides is 1. The van der Waals surface area contributed by atoms with E-state index in [1.165, 1.54) is 40.9 Å². The van der Waals surface area contributed by atoms with Gasteiger partial charge in [0.15, 0.2) is 0 Å². The topological polar surface area (TPSA) is 86.8 Å². The number of rotatable bonds is 12. The highest BCUT2D eigenvalue weighted by atomic mass is 32.2. The molecule has 3 aromatic rings. The number of nitrogens with zero attached hydrogens (tertiary/aromatic N) is 2. The molecule has 0 aromatic heterocycles. The monoisotopic (exact) mass is 571 g/mol. The van der Waals surface area contributed by atoms with E-state index in [4.69, 9.17) is 0 Å². The maximum Gasteiger partial charge on any atom is 0.264 e. The van der Waals surface area contributed by atoms with Gasteiger partial charge >= 0.3 is 0 Å². The second kappa shape index (κ2) is 13.6. The van der Waals surface area contributed by atoms with E-state index in [-0.39, 0.29) is 17.3 Å². The van der Waals surface area contributed by atoms with Gasteiger partial charge in [0, 0.05) is 18.0 Å². The molecular formula is C29H34FN3O4S2. The van der Waals surface area contributed by atoms with Crippen LogP contribution in [0.15, 0.2) is 82.6 Å². The fourth-order valence-electron chi connectivity index (χ4n) is 4.11. The van der Waals surface area contributed by atoms with E-state index in [9.17, 15) is 22.4 Å². The van der Waals surface area contributed by atoms with E-state index in [2.05, 4.69) is 5.32 Å². The van der Waals surface area contributed by atoms with Crippen LogP contribution in [0.25, 0.3) is 0 Å². The van der Waals surface area contributed by atoms with Crippen LogP contribution < -0.4 is 9.62 Å². The summed E-state index contributed by atoms with van der Waals surface area (Å²) in [5.74, 6) is -1.31. The second-order valence-electron chi connectivity index (χ2n) is 8.99. The van der Waals surface area contributed by atoms with Gasteiger partial charge in [0.25, 0.3) is 10.0 Å². The standard InChI is InChI=1S/C29H34FN3O4S2/c1-5-27(29(35)31-6-2)32(19-22-9-11-23(30)12-10-22)28(34)20-33(24-13-7-21(3)8-14-24)39(36,37)26-17-15-25(38-4)16-18-26/h7-18,27H,5-6,19-20H2,1-4H3,(H,31,35). The zero-order chi connectivity index (χ0) is 28.6. The van der Waals surface area contributed by atoms with Crippen LogP contribution in [-0.4, -0.2) is 50.5 Å². The minimum absolute atomic E-state index is 0.0129. The van der Waals surface area contributed by atoms with Crippen LogP contribution >= 0.6 is 11.8 Å². The summed E-state index contributed by atoms with van der Waals surface area (Å²) in [5.41, 5.74) is 1.88. The molecular weight excluding hydrogens is 537 g/mol. The lowest BCUT2D eigenvalue weighted by Gasteiger charge is -2.33. The average molecular weight is 572 g/mol. The number of thioether (sulfide) groups is 1. The number of benzene rings is 3. The third-order valence-corrected chi connectivity index (χ3v) is 8.78. The molecule has 0 aliphatic carbocycles. The summed E-state index contributed by atoms with van der Waals surface area (Å²) >= 11 is 1.49. The van der Waals surface area contributed by atoms with Crippen molar-refractivity contribution in [1.82, 2.24) is 10.2 Å². The van der Waals surface area contributed by atoms with Gasteiger partial charge in [-0.3, -0.25) is 13.9 Å². The zero-order valence-electron chi connectivity index (χ0n) is 22.6. The number of aryl methyl sites for hydroxylation is 1. The maximum atomic E-state index is 13.9. The van der Waals surface area contributed by atoms with Gasteiger partial charge in [-0.25, -0.2) is 12.8 Å². The number of halogens is 1. The van der Waals surface area contributed by atoms with E-state index >= 15 is 0 Å². The normalized spacial score (nSPS) is 12.0. The molecule has 0 aliphatic heterocycles. The van der Waals surface area contributed by atoms with Crippen LogP contribution in [-0.2, 0) is 26.2 Å². The first-order valence-corrected chi connectivity index (χ1v) is 15.3. The SMILES string of the molecule is CCNC(=O)C(CC)N(Cc1ccc(F)cc1)C(=O)CN(c1ccc(C)cc1)S(=O)(=O)c1ccc(SC)cc1. The van der Waals surface area contributed by atoms with E-state index < -0.39 is 34.3 Å². The quantitative estimate of drug-likeness (QED) is 0.310. The van der Waals surface area contributed by atoms with E-state index in [0.717, 1.165) is 14.8 Å². The molecule has 2 amide bonds. The minimum atomic E-state index is -4.14. The fourth-order valence-corrected chi connectivity index (χ4v) is 5.94. The first-order valence-electron chi connectivity index (χ1n) is 12.7. The van der Waals surface area contributed by atoms with Crippen LogP contribution in [0.2, 0.25) is 0 Å². The molecule has 7 nitrogen and oxygen atoms in total. The van der Waals surface area contributed by atoms with Crippen LogP contribution in [0.5, 0.6) is 0 Å². The first-order chi connectivity index (χ1) is 18.6. The highest BCUT2D eigenvalue weighted by molar-refractivity contribution is 7.98. The lowest BCUT2D eigenvalue weighted by molar-refractivity contribution is -0.140. The smallest absolute Gasteiger partial charge is 0.264 e. The van der Waals surface area contributed by atoms with Gasteiger partial charge < -0.3 is 10.2 Å². The summed E-state index contributed by atoms with van der Waals surface area (Å²) in [4.78, 5) is 29.2. The number of likely N-dealkylation sites (N-methyl/N-ethyl adjacent to an activating group) is 1. The first kappa shape index (κ1) is 30.2. The Morgan fingerprint density at radius 2 is 1.56 bits per heavy atom. The molecule has 10 heteroatoms. The van der Waals surface area contributed by atoms with Crippen molar-refractivity contribution >= 4 is 39.3 Å². The van der Waals surface area contributed by atoms with Crippen molar-refractivity contribution < 1.29 is 22.4 Å². The molecule has 1 N–H and O–H groups in total. The minimum Gasteiger partial charge on any atom is -0.355 e. The molecule has 39 heavy (non-hydrogen) atoms. The molecule has 0 heterocycles. The third-order valence-electron chi connectivity index (χ3n) is 6.25. The molecule has 1 unspecified atom stereocenters. The highest BCUT2D eigenvalue weighted by Crippen LogP contribution is 2.26. The van der Waals surface area contributed by atoms with Crippen molar-refractivity contribution in [1.29, 1.82) is 0 Å². The largest absolute Gasteiger partial charge is 0.355 e. The molecule has 0 bridgehead atoms. The predicted octanol–water partition coefficient (Wildman–Crippen LogP) is 4.99. The van der Waals surface area contributed by atoms with E-state index in [1.54, 1.807) is 62.4 Å². The molecule has 0 saturated carbocycles. The lowest BCUT2D eigenvalue weighted by Crippen LogP contribution is -2.52. The molecule has 0 radical (unpaired) electrons. The molecule has 0 saturated heterocycles. The third kappa shape index (κ3) is 7.60. The highest BCUT2D eigenvalue weighted by Gasteiger charge is 2.33. The summed E-state index contributed by atoms with van der Waals surface area (Å²) in [6.07, 6.45) is 2.21. The molecule has 0 fully saturated rings. The Morgan fingerprint density at radius 1 is 0.949 bits per heavy atom. The number of amides is 2. The molecule has 0 aliphatic rings. The molecule has 3 rings (SSSR count). The zero-order valence-corrected chi connectivity index (χ0v) is 24.2. The Morgan fingerprint density at radius 3 is 2.10 bits per heavy atom. The van der Waals surface area contributed by atoms with Gasteiger partial charge in [-0.05, 0) is 80.6 Å². The Kier molecular flexibility index (Phi) is 10.5. The van der Waals surface area contributed by atoms with Crippen molar-refractivity contribution in [2.24, 2.45) is 0 Å². The van der Waals surface area contributed by atoms with Crippen molar-refractivity contribution in [3.63, 3.8) is 0 Å². The average Bonchev–Trinajstić information content (AvgIpc) is 2.93. The second-order valence-corrected chi connectivity index (χ2v) is 11.7. The van der Waals surface area contributed by atoms with Crippen molar-refractivity contribution in [3.05, 3.63) is 89.7 Å². The van der Waals surface area contributed by atoms with Gasteiger partial charge in [0.05, 0.1) is 10.6 Å². The van der Waals surface area contributed by atoms with Crippen LogP contribution in [0, 0.1) is 12.7 Å². The predicted molar refractivity (Wildman–Crippen MR) is 154 cm³/mol. The number of anilines is 1. The van der Waals surface area contributed by atoms with Crippen LogP contribution in [0.3, 0.4) is 0 Å². The van der Waals surface area contributed by atoms with Gasteiger partial charge in [0.2, 0.25) is 11.8 Å². The molecule has 1 atom stereocenters. The summed E-state index contributed by atoms with van der Waals surface area (Å²) in [5, 5.41) is 2.76. The van der Waals surface area contributed by atoms with Crippen molar-refractivity contribution in [2.45, 2.75) is 49.6 Å². The summed E-state index contributed by atoms with van der Waals surface area (Å²) in [6, 6.07) is 18.2. The van der Waals surface area contributed by atoms with E-state index in [0.29, 0.717) is 24.2 Å². The van der Waals surface area contributed by atoms with Crippen molar-refractivity contribution in [2.75, 3.05) is 23.7 Å². The van der Waals surface area contributed by atoms with Gasteiger partial charge in [-0.15, -0.1) is 11.8 Å². The van der Waals surface area contributed by atoms with E-state index in [1.807, 2.05) is 13.2 Å². The number of hydrogen-bond donors (Lipinski definition) is 1. The summed E-state index contributed by atoms with van der Waals surface area (Å²) < 4.78 is 42.4. The van der Waals surface area contributed by atoms with Gasteiger partial charge in [0.1, 0.15) is 18.4 Å². The lowest BCUT2D eigenvalue weighted by atomic mass is 10.1. The van der Waals surface area contributed by atoms with Gasteiger partial charge in [-0.1, -0.05) is 36.8 Å². The summed E-state index contributed by atoms with van der Waals surface area (Å²) in [6.45, 7) is 5.32. The number of hydrogen-bond acceptors (Lipinski definition) is 5. The number of carbonyl (C=O) groups excluding carboxylic acids is 2. The van der Waals surface area contributed by atoms with Crippen LogP contribution in [0.1, 0.15) is 31.4 Å². The molecule has 0 spiro atoms. The van der Waals surface area contributed by atoms with Crippen molar-refractivity contribution in [3.8, 4) is 0 Å². The Bertz CT molecular complexity index is 1360. The number of carbonyl (C=O) groups is 2. The van der Waals surface area contributed by atoms with Gasteiger partial charge in [-0.2, -0.15) is 0 Å².